The van der Waals surface area contributed by atoms with Gasteiger partial charge in [0, 0.05) is 11.3 Å². The van der Waals surface area contributed by atoms with Crippen LogP contribution >= 0.6 is 11.8 Å². The topological polar surface area (TPSA) is 79.5 Å². The third-order valence-electron chi connectivity index (χ3n) is 5.91. The summed E-state index contributed by atoms with van der Waals surface area (Å²) in [6, 6.07) is 12.6. The molecule has 1 saturated heterocycles. The molecule has 2 amide bonds. The molecule has 10 heteroatoms. The summed E-state index contributed by atoms with van der Waals surface area (Å²) in [6.45, 7) is 0. The van der Waals surface area contributed by atoms with E-state index in [-0.39, 0.29) is 46.9 Å². The SMILES string of the molecule is COc1ccc(CC2NC(=O)CC(C(=O)N[C@@H](c3ccc(SC(F)(F)F)cc3)C3CC3)N2)cc1. The lowest BCUT2D eigenvalue weighted by atomic mass is 10.0. The van der Waals surface area contributed by atoms with Crippen LogP contribution in [0.5, 0.6) is 5.75 Å². The van der Waals surface area contributed by atoms with Gasteiger partial charge in [0.2, 0.25) is 11.8 Å². The zero-order valence-corrected chi connectivity index (χ0v) is 19.3. The van der Waals surface area contributed by atoms with Gasteiger partial charge in [-0.15, -0.1) is 0 Å². The Balaban J connectivity index is 1.39. The predicted octanol–water partition coefficient (Wildman–Crippen LogP) is 3.92. The standard InChI is InChI=1S/C24H26F3N3O3S/c1-33-17-8-2-14(3-9-17)12-20-28-19(13-21(31)29-20)23(32)30-22(15-4-5-15)16-6-10-18(11-7-16)34-24(25,26)27/h2-3,6-11,15,19-20,22,28H,4-5,12-13H2,1H3,(H,29,31)(H,30,32)/t19?,20?,22-/m1/s1. The van der Waals surface area contributed by atoms with Crippen LogP contribution in [0.15, 0.2) is 53.4 Å². The number of nitrogens with one attached hydrogen (secondary N) is 3. The van der Waals surface area contributed by atoms with E-state index in [9.17, 15) is 22.8 Å². The molecule has 1 saturated carbocycles. The highest BCUT2D eigenvalue weighted by Crippen LogP contribution is 2.42. The number of carbonyl (C=O) groups excluding carboxylic acids is 2. The van der Waals surface area contributed by atoms with E-state index in [4.69, 9.17) is 4.74 Å². The molecular formula is C24H26F3N3O3S. The Labute approximate surface area is 200 Å². The molecule has 3 N–H and O–H groups in total. The molecule has 1 aliphatic carbocycles. The summed E-state index contributed by atoms with van der Waals surface area (Å²) in [5, 5.41) is 9.10. The molecule has 3 atom stereocenters. The Kier molecular flexibility index (Phi) is 7.37. The van der Waals surface area contributed by atoms with E-state index in [1.165, 1.54) is 12.1 Å². The molecule has 1 aliphatic heterocycles. The second kappa shape index (κ2) is 10.3. The van der Waals surface area contributed by atoms with Gasteiger partial charge in [0.05, 0.1) is 31.8 Å². The van der Waals surface area contributed by atoms with Crippen LogP contribution in [-0.4, -0.2) is 36.6 Å². The van der Waals surface area contributed by atoms with Gasteiger partial charge in [-0.2, -0.15) is 13.2 Å². The second-order valence-corrected chi connectivity index (χ2v) is 9.67. The van der Waals surface area contributed by atoms with Gasteiger partial charge in [-0.25, -0.2) is 0 Å². The summed E-state index contributed by atoms with van der Waals surface area (Å²) in [7, 11) is 1.59. The Hall–Kier alpha value is -2.72. The van der Waals surface area contributed by atoms with Crippen LogP contribution < -0.4 is 20.7 Å². The van der Waals surface area contributed by atoms with Crippen LogP contribution in [0.2, 0.25) is 0 Å². The van der Waals surface area contributed by atoms with E-state index in [2.05, 4.69) is 16.0 Å². The van der Waals surface area contributed by atoms with Crippen LogP contribution in [0.1, 0.15) is 36.4 Å². The number of alkyl halides is 3. The van der Waals surface area contributed by atoms with E-state index in [0.29, 0.717) is 6.42 Å². The van der Waals surface area contributed by atoms with Crippen molar-refractivity contribution in [1.29, 1.82) is 0 Å². The van der Waals surface area contributed by atoms with Crippen molar-refractivity contribution in [3.63, 3.8) is 0 Å². The minimum atomic E-state index is -4.35. The lowest BCUT2D eigenvalue weighted by Gasteiger charge is -2.32. The number of benzene rings is 2. The molecule has 0 spiro atoms. The molecule has 2 aliphatic rings. The molecule has 0 bridgehead atoms. The minimum absolute atomic E-state index is 0.0174. The molecule has 0 radical (unpaired) electrons. The number of ether oxygens (including phenoxy) is 1. The number of amides is 2. The van der Waals surface area contributed by atoms with Crippen LogP contribution in [0.4, 0.5) is 13.2 Å². The molecule has 182 valence electrons. The van der Waals surface area contributed by atoms with Crippen molar-refractivity contribution in [2.24, 2.45) is 5.92 Å². The van der Waals surface area contributed by atoms with Gasteiger partial charge in [0.1, 0.15) is 5.75 Å². The molecule has 0 aromatic heterocycles. The lowest BCUT2D eigenvalue weighted by Crippen LogP contribution is -2.61. The number of hydrogen-bond acceptors (Lipinski definition) is 5. The highest BCUT2D eigenvalue weighted by molar-refractivity contribution is 8.00. The Morgan fingerprint density at radius 3 is 2.41 bits per heavy atom. The maximum absolute atomic E-state index is 13.1. The number of rotatable bonds is 8. The largest absolute Gasteiger partial charge is 0.497 e. The van der Waals surface area contributed by atoms with Gasteiger partial charge in [-0.05, 0) is 65.9 Å². The third-order valence-corrected chi connectivity index (χ3v) is 6.65. The fourth-order valence-electron chi connectivity index (χ4n) is 4.09. The normalized spacial score (nSPS) is 21.5. The zero-order valence-electron chi connectivity index (χ0n) is 18.5. The molecule has 2 unspecified atom stereocenters. The van der Waals surface area contributed by atoms with Gasteiger partial charge in [0.15, 0.2) is 0 Å². The maximum Gasteiger partial charge on any atom is 0.446 e. The molecule has 1 heterocycles. The lowest BCUT2D eigenvalue weighted by molar-refractivity contribution is -0.132. The van der Waals surface area contributed by atoms with Crippen molar-refractivity contribution < 1.29 is 27.5 Å². The van der Waals surface area contributed by atoms with Crippen molar-refractivity contribution in [2.75, 3.05) is 7.11 Å². The first kappa shape index (κ1) is 24.4. The number of carbonyl (C=O) groups is 2. The van der Waals surface area contributed by atoms with Crippen LogP contribution in [-0.2, 0) is 16.0 Å². The first-order valence-corrected chi connectivity index (χ1v) is 11.9. The highest BCUT2D eigenvalue weighted by atomic mass is 32.2. The van der Waals surface area contributed by atoms with Gasteiger partial charge < -0.3 is 15.4 Å². The predicted molar refractivity (Wildman–Crippen MR) is 122 cm³/mol. The number of methoxy groups -OCH3 is 1. The van der Waals surface area contributed by atoms with E-state index < -0.39 is 17.7 Å². The van der Waals surface area contributed by atoms with Crippen LogP contribution in [0.25, 0.3) is 0 Å². The van der Waals surface area contributed by atoms with E-state index in [0.717, 1.165) is 29.7 Å². The van der Waals surface area contributed by atoms with Crippen molar-refractivity contribution in [3.05, 3.63) is 59.7 Å². The summed E-state index contributed by atoms with van der Waals surface area (Å²) < 4.78 is 43.0. The monoisotopic (exact) mass is 493 g/mol. The van der Waals surface area contributed by atoms with Crippen LogP contribution in [0.3, 0.4) is 0 Å². The summed E-state index contributed by atoms with van der Waals surface area (Å²) in [5.41, 5.74) is -2.61. The third kappa shape index (κ3) is 6.66. The second-order valence-electron chi connectivity index (χ2n) is 8.54. The van der Waals surface area contributed by atoms with Gasteiger partial charge in [0.25, 0.3) is 0 Å². The molecular weight excluding hydrogens is 467 g/mol. The highest BCUT2D eigenvalue weighted by Gasteiger charge is 2.37. The zero-order chi connectivity index (χ0) is 24.3. The van der Waals surface area contributed by atoms with Crippen LogP contribution in [0, 0.1) is 5.92 Å². The molecule has 34 heavy (non-hydrogen) atoms. The Morgan fingerprint density at radius 1 is 1.15 bits per heavy atom. The molecule has 2 fully saturated rings. The van der Waals surface area contributed by atoms with E-state index in [1.807, 2.05) is 24.3 Å². The van der Waals surface area contributed by atoms with E-state index in [1.54, 1.807) is 19.2 Å². The number of hydrogen-bond donors (Lipinski definition) is 3. The summed E-state index contributed by atoms with van der Waals surface area (Å²) in [5.74, 6) is 0.463. The first-order chi connectivity index (χ1) is 16.2. The summed E-state index contributed by atoms with van der Waals surface area (Å²) >= 11 is -0.164. The fourth-order valence-corrected chi connectivity index (χ4v) is 4.63. The number of halogens is 3. The molecule has 2 aromatic rings. The average molecular weight is 494 g/mol. The smallest absolute Gasteiger partial charge is 0.446 e. The van der Waals surface area contributed by atoms with Crippen molar-refractivity contribution in [2.45, 2.75) is 54.3 Å². The Morgan fingerprint density at radius 2 is 1.82 bits per heavy atom. The van der Waals surface area contributed by atoms with Gasteiger partial charge in [-0.1, -0.05) is 24.3 Å². The van der Waals surface area contributed by atoms with Crippen molar-refractivity contribution in [3.8, 4) is 5.75 Å². The minimum Gasteiger partial charge on any atom is -0.497 e. The van der Waals surface area contributed by atoms with E-state index >= 15 is 0 Å². The van der Waals surface area contributed by atoms with Gasteiger partial charge >= 0.3 is 5.51 Å². The van der Waals surface area contributed by atoms with Crippen molar-refractivity contribution >= 4 is 23.6 Å². The summed E-state index contributed by atoms with van der Waals surface area (Å²) in [6.07, 6.45) is 1.99. The van der Waals surface area contributed by atoms with Gasteiger partial charge in [-0.3, -0.25) is 14.9 Å². The first-order valence-electron chi connectivity index (χ1n) is 11.0. The molecule has 6 nitrogen and oxygen atoms in total. The average Bonchev–Trinajstić information content (AvgIpc) is 3.62. The fraction of sp³-hybridized carbons (Fsp3) is 0.417. The molecule has 4 rings (SSSR count). The summed E-state index contributed by atoms with van der Waals surface area (Å²) in [4.78, 5) is 25.5. The quantitative estimate of drug-likeness (QED) is 0.486. The van der Waals surface area contributed by atoms with Crippen molar-refractivity contribution in [1.82, 2.24) is 16.0 Å². The molecule has 2 aromatic carbocycles. The Bertz CT molecular complexity index is 1010. The number of thioether (sulfide) groups is 1. The maximum atomic E-state index is 13.1.